The first-order valence-electron chi connectivity index (χ1n) is 3.25. The van der Waals surface area contributed by atoms with Gasteiger partial charge in [0.1, 0.15) is 0 Å². The predicted molar refractivity (Wildman–Crippen MR) is 40.2 cm³/mol. The molecule has 0 amide bonds. The van der Waals surface area contributed by atoms with Crippen LogP contribution < -0.4 is 11.5 Å². The molecular weight excluding hydrogens is 114 g/mol. The van der Waals surface area contributed by atoms with Gasteiger partial charge in [-0.1, -0.05) is 0 Å². The highest BCUT2D eigenvalue weighted by atomic mass is 15.1. The minimum absolute atomic E-state index is 0.458. The number of nitrogens with zero attached hydrogens (tertiary/aromatic N) is 1. The number of hydrogen-bond donors (Lipinski definition) is 2. The fraction of sp³-hybridized carbons (Fsp3) is 1.00. The quantitative estimate of drug-likeness (QED) is 0.519. The molecule has 0 aliphatic rings. The van der Waals surface area contributed by atoms with Crippen molar-refractivity contribution in [3.63, 3.8) is 0 Å². The zero-order chi connectivity index (χ0) is 7.28. The maximum atomic E-state index is 5.42. The highest BCUT2D eigenvalue weighted by Crippen LogP contribution is 1.90. The van der Waals surface area contributed by atoms with E-state index in [1.54, 1.807) is 0 Å². The van der Waals surface area contributed by atoms with Crippen LogP contribution in [-0.2, 0) is 0 Å². The van der Waals surface area contributed by atoms with Gasteiger partial charge in [-0.25, -0.2) is 0 Å². The van der Waals surface area contributed by atoms with E-state index in [2.05, 4.69) is 4.90 Å². The Morgan fingerprint density at radius 1 is 1.22 bits per heavy atom. The second-order valence-corrected chi connectivity index (χ2v) is 2.60. The van der Waals surface area contributed by atoms with Crippen LogP contribution in [0.2, 0.25) is 0 Å². The van der Waals surface area contributed by atoms with E-state index in [0.717, 1.165) is 6.54 Å². The highest BCUT2D eigenvalue weighted by molar-refractivity contribution is 4.62. The van der Waals surface area contributed by atoms with Gasteiger partial charge in [0, 0.05) is 6.54 Å². The van der Waals surface area contributed by atoms with E-state index in [-0.39, 0.29) is 0 Å². The van der Waals surface area contributed by atoms with Crippen molar-refractivity contribution in [3.05, 3.63) is 0 Å². The second kappa shape index (κ2) is 4.73. The van der Waals surface area contributed by atoms with Gasteiger partial charge in [0.15, 0.2) is 0 Å². The van der Waals surface area contributed by atoms with Crippen molar-refractivity contribution in [2.24, 2.45) is 17.4 Å². The molecule has 0 atom stereocenters. The number of hydrogen-bond acceptors (Lipinski definition) is 3. The van der Waals surface area contributed by atoms with Gasteiger partial charge in [-0.2, -0.15) is 0 Å². The summed E-state index contributed by atoms with van der Waals surface area (Å²) in [7, 11) is 4.05. The highest BCUT2D eigenvalue weighted by Gasteiger charge is 2.03. The van der Waals surface area contributed by atoms with E-state index >= 15 is 0 Å². The molecule has 0 aromatic carbocycles. The Balaban J connectivity index is 3.31. The predicted octanol–water partition coefficient (Wildman–Crippen LogP) is -0.918. The van der Waals surface area contributed by atoms with Gasteiger partial charge in [-0.15, -0.1) is 0 Å². The van der Waals surface area contributed by atoms with Crippen LogP contribution in [0.3, 0.4) is 0 Å². The first-order valence-corrected chi connectivity index (χ1v) is 3.25. The molecule has 0 saturated heterocycles. The van der Waals surface area contributed by atoms with Crippen molar-refractivity contribution in [3.8, 4) is 0 Å². The van der Waals surface area contributed by atoms with Crippen LogP contribution in [0, 0.1) is 5.92 Å². The van der Waals surface area contributed by atoms with E-state index in [9.17, 15) is 0 Å². The molecule has 0 spiro atoms. The summed E-state index contributed by atoms with van der Waals surface area (Å²) in [5, 5.41) is 0. The number of rotatable bonds is 4. The fourth-order valence-electron chi connectivity index (χ4n) is 0.762. The molecule has 56 valence electrons. The topological polar surface area (TPSA) is 55.3 Å². The van der Waals surface area contributed by atoms with E-state index in [1.165, 1.54) is 0 Å². The van der Waals surface area contributed by atoms with Crippen LogP contribution in [0.25, 0.3) is 0 Å². The Kier molecular flexibility index (Phi) is 4.67. The maximum absolute atomic E-state index is 5.42. The van der Waals surface area contributed by atoms with Crippen LogP contribution in [0.1, 0.15) is 0 Å². The van der Waals surface area contributed by atoms with Gasteiger partial charge in [0.25, 0.3) is 0 Å². The summed E-state index contributed by atoms with van der Waals surface area (Å²) in [6, 6.07) is 0. The molecule has 0 aliphatic carbocycles. The standard InChI is InChI=1S/C6H17N3/c1-9(2)5-6(3-7)4-8/h6H,3-5,7-8H2,1-2H3. The molecule has 0 radical (unpaired) electrons. The van der Waals surface area contributed by atoms with E-state index < -0.39 is 0 Å². The van der Waals surface area contributed by atoms with E-state index in [4.69, 9.17) is 11.5 Å². The van der Waals surface area contributed by atoms with Crippen molar-refractivity contribution in [1.29, 1.82) is 0 Å². The summed E-state index contributed by atoms with van der Waals surface area (Å²) >= 11 is 0. The molecule has 0 bridgehead atoms. The lowest BCUT2D eigenvalue weighted by Gasteiger charge is -2.16. The van der Waals surface area contributed by atoms with Crippen molar-refractivity contribution in [2.45, 2.75) is 0 Å². The van der Waals surface area contributed by atoms with Crippen LogP contribution >= 0.6 is 0 Å². The minimum atomic E-state index is 0.458. The molecular formula is C6H17N3. The summed E-state index contributed by atoms with van der Waals surface area (Å²) < 4.78 is 0. The van der Waals surface area contributed by atoms with Crippen molar-refractivity contribution < 1.29 is 0 Å². The lowest BCUT2D eigenvalue weighted by molar-refractivity contribution is 0.333. The fourth-order valence-corrected chi connectivity index (χ4v) is 0.762. The van der Waals surface area contributed by atoms with Gasteiger partial charge in [0.05, 0.1) is 0 Å². The Labute approximate surface area is 57.0 Å². The first-order chi connectivity index (χ1) is 4.20. The molecule has 0 fully saturated rings. The molecule has 0 aromatic rings. The molecule has 9 heavy (non-hydrogen) atoms. The van der Waals surface area contributed by atoms with E-state index in [1.807, 2.05) is 14.1 Å². The average Bonchev–Trinajstić information content (AvgIpc) is 1.82. The van der Waals surface area contributed by atoms with Crippen LogP contribution in [0.4, 0.5) is 0 Å². The van der Waals surface area contributed by atoms with Crippen LogP contribution in [-0.4, -0.2) is 38.6 Å². The Morgan fingerprint density at radius 2 is 1.67 bits per heavy atom. The summed E-state index contributed by atoms with van der Waals surface area (Å²) in [5.41, 5.74) is 10.8. The SMILES string of the molecule is CN(C)CC(CN)CN. The smallest absolute Gasteiger partial charge is 0.00277 e. The molecule has 0 aliphatic heterocycles. The molecule has 3 nitrogen and oxygen atoms in total. The molecule has 0 rings (SSSR count). The van der Waals surface area contributed by atoms with Crippen molar-refractivity contribution >= 4 is 0 Å². The van der Waals surface area contributed by atoms with Crippen LogP contribution in [0.5, 0.6) is 0 Å². The second-order valence-electron chi connectivity index (χ2n) is 2.60. The van der Waals surface area contributed by atoms with Gasteiger partial charge < -0.3 is 16.4 Å². The lowest BCUT2D eigenvalue weighted by Crippen LogP contribution is -2.32. The van der Waals surface area contributed by atoms with Gasteiger partial charge in [0.2, 0.25) is 0 Å². The zero-order valence-corrected chi connectivity index (χ0v) is 6.30. The summed E-state index contributed by atoms with van der Waals surface area (Å²) in [6.45, 7) is 2.37. The third kappa shape index (κ3) is 4.39. The Hall–Kier alpha value is -0.120. The summed E-state index contributed by atoms with van der Waals surface area (Å²) in [4.78, 5) is 2.10. The Bertz CT molecular complexity index is 59.3. The van der Waals surface area contributed by atoms with Gasteiger partial charge in [-0.3, -0.25) is 0 Å². The molecule has 3 heteroatoms. The third-order valence-electron chi connectivity index (χ3n) is 1.29. The molecule has 0 unspecified atom stereocenters. The molecule has 4 N–H and O–H groups in total. The molecule has 0 heterocycles. The number of nitrogens with two attached hydrogens (primary N) is 2. The van der Waals surface area contributed by atoms with Gasteiger partial charge >= 0.3 is 0 Å². The van der Waals surface area contributed by atoms with Crippen LogP contribution in [0.15, 0.2) is 0 Å². The molecule has 0 saturated carbocycles. The normalized spacial score (nSPS) is 11.3. The first kappa shape index (κ1) is 8.88. The minimum Gasteiger partial charge on any atom is -0.330 e. The summed E-state index contributed by atoms with van der Waals surface area (Å²) in [5.74, 6) is 0.458. The summed E-state index contributed by atoms with van der Waals surface area (Å²) in [6.07, 6.45) is 0. The van der Waals surface area contributed by atoms with Gasteiger partial charge in [-0.05, 0) is 33.1 Å². The maximum Gasteiger partial charge on any atom is 0.00277 e. The van der Waals surface area contributed by atoms with Crippen molar-refractivity contribution in [2.75, 3.05) is 33.7 Å². The average molecular weight is 131 g/mol. The zero-order valence-electron chi connectivity index (χ0n) is 6.30. The lowest BCUT2D eigenvalue weighted by atomic mass is 10.1. The Morgan fingerprint density at radius 3 is 1.78 bits per heavy atom. The third-order valence-corrected chi connectivity index (χ3v) is 1.29. The molecule has 0 aromatic heterocycles. The van der Waals surface area contributed by atoms with E-state index in [0.29, 0.717) is 19.0 Å². The monoisotopic (exact) mass is 131 g/mol. The largest absolute Gasteiger partial charge is 0.330 e. The van der Waals surface area contributed by atoms with Crippen molar-refractivity contribution in [1.82, 2.24) is 4.90 Å².